The third-order valence-electron chi connectivity index (χ3n) is 3.11. The zero-order chi connectivity index (χ0) is 12.5. The van der Waals surface area contributed by atoms with Crippen LogP contribution in [0.2, 0.25) is 0 Å². The van der Waals surface area contributed by atoms with E-state index in [0.717, 1.165) is 51.2 Å². The van der Waals surface area contributed by atoms with Crippen LogP contribution in [-0.4, -0.2) is 62.2 Å². The van der Waals surface area contributed by atoms with Crippen molar-refractivity contribution < 1.29 is 9.53 Å². The lowest BCUT2D eigenvalue weighted by molar-refractivity contribution is -0.147. The van der Waals surface area contributed by atoms with Gasteiger partial charge in [0.1, 0.15) is 6.04 Å². The van der Waals surface area contributed by atoms with Gasteiger partial charge in [-0.15, -0.1) is 0 Å². The molecule has 1 unspecified atom stereocenters. The molecule has 0 aromatic carbocycles. The van der Waals surface area contributed by atoms with Crippen molar-refractivity contribution in [3.05, 3.63) is 0 Å². The highest BCUT2D eigenvalue weighted by atomic mass is 32.2. The van der Waals surface area contributed by atoms with Crippen molar-refractivity contribution in [2.75, 3.05) is 45.3 Å². The highest BCUT2D eigenvalue weighted by Crippen LogP contribution is 2.12. The molecule has 4 nitrogen and oxygen atoms in total. The van der Waals surface area contributed by atoms with E-state index in [-0.39, 0.29) is 12.0 Å². The lowest BCUT2D eigenvalue weighted by atomic mass is 10.1. The molecule has 0 amide bonds. The number of nitrogens with one attached hydrogen (secondary N) is 1. The molecule has 0 spiro atoms. The first kappa shape index (κ1) is 14.8. The number of thioether (sulfide) groups is 1. The molecule has 0 bridgehead atoms. The smallest absolute Gasteiger partial charge is 0.323 e. The summed E-state index contributed by atoms with van der Waals surface area (Å²) in [5, 5.41) is 3.36. The molecule has 1 heterocycles. The van der Waals surface area contributed by atoms with Crippen LogP contribution in [0.5, 0.6) is 0 Å². The van der Waals surface area contributed by atoms with E-state index in [4.69, 9.17) is 4.74 Å². The molecule has 1 saturated heterocycles. The van der Waals surface area contributed by atoms with E-state index in [1.54, 1.807) is 0 Å². The molecule has 17 heavy (non-hydrogen) atoms. The molecule has 5 heteroatoms. The predicted molar refractivity (Wildman–Crippen MR) is 72.5 cm³/mol. The van der Waals surface area contributed by atoms with Crippen LogP contribution >= 0.6 is 11.8 Å². The average molecular weight is 260 g/mol. The van der Waals surface area contributed by atoms with E-state index in [1.165, 1.54) is 7.11 Å². The number of methoxy groups -OCH3 is 1. The summed E-state index contributed by atoms with van der Waals surface area (Å²) in [5.74, 6) is 1.03. The standard InChI is InChI=1S/C12H24N2O2S/c1-16-12(15)11(5-3-10-17-2)14-8-4-6-13-7-9-14/h11,13H,3-10H2,1-2H3. The summed E-state index contributed by atoms with van der Waals surface area (Å²) in [6, 6.07) is -0.0490. The maximum Gasteiger partial charge on any atom is 0.323 e. The quantitative estimate of drug-likeness (QED) is 0.569. The minimum Gasteiger partial charge on any atom is -0.468 e. The van der Waals surface area contributed by atoms with Gasteiger partial charge in [-0.1, -0.05) is 0 Å². The van der Waals surface area contributed by atoms with Gasteiger partial charge < -0.3 is 10.1 Å². The van der Waals surface area contributed by atoms with Crippen LogP contribution in [0.25, 0.3) is 0 Å². The number of hydrogen-bond donors (Lipinski definition) is 1. The Balaban J connectivity index is 2.50. The number of esters is 1. The van der Waals surface area contributed by atoms with Crippen molar-refractivity contribution in [2.45, 2.75) is 25.3 Å². The summed E-state index contributed by atoms with van der Waals surface area (Å²) in [7, 11) is 1.49. The van der Waals surface area contributed by atoms with Crippen molar-refractivity contribution >= 4 is 17.7 Å². The lowest BCUT2D eigenvalue weighted by Crippen LogP contribution is -2.43. The molecule has 1 N–H and O–H groups in total. The first-order chi connectivity index (χ1) is 8.29. The molecule has 0 aromatic rings. The monoisotopic (exact) mass is 260 g/mol. The van der Waals surface area contributed by atoms with Gasteiger partial charge in [0.15, 0.2) is 0 Å². The fourth-order valence-electron chi connectivity index (χ4n) is 2.18. The Morgan fingerprint density at radius 3 is 3.00 bits per heavy atom. The van der Waals surface area contributed by atoms with Gasteiger partial charge in [0.05, 0.1) is 7.11 Å². The third kappa shape index (κ3) is 5.27. The number of nitrogens with zero attached hydrogens (tertiary/aromatic N) is 1. The fraction of sp³-hybridized carbons (Fsp3) is 0.917. The Morgan fingerprint density at radius 1 is 1.47 bits per heavy atom. The number of carbonyl (C=O) groups is 1. The minimum absolute atomic E-state index is 0.0490. The SMILES string of the molecule is COC(=O)C(CCCSC)N1CCCNCC1. The van der Waals surface area contributed by atoms with Crippen LogP contribution in [0.15, 0.2) is 0 Å². The van der Waals surface area contributed by atoms with Crippen molar-refractivity contribution in [1.82, 2.24) is 10.2 Å². The lowest BCUT2D eigenvalue weighted by Gasteiger charge is -2.28. The van der Waals surface area contributed by atoms with Crippen LogP contribution in [0.1, 0.15) is 19.3 Å². The second-order valence-corrected chi connectivity index (χ2v) is 5.30. The molecule has 1 atom stereocenters. The Bertz CT molecular complexity index is 219. The third-order valence-corrected chi connectivity index (χ3v) is 3.81. The molecule has 1 rings (SSSR count). The van der Waals surface area contributed by atoms with E-state index >= 15 is 0 Å². The molecular weight excluding hydrogens is 236 g/mol. The summed E-state index contributed by atoms with van der Waals surface area (Å²) in [4.78, 5) is 14.1. The molecule has 1 fully saturated rings. The summed E-state index contributed by atoms with van der Waals surface area (Å²) in [6.45, 7) is 3.95. The van der Waals surface area contributed by atoms with E-state index in [0.29, 0.717) is 0 Å². The number of ether oxygens (including phenoxy) is 1. The van der Waals surface area contributed by atoms with Gasteiger partial charge in [-0.05, 0) is 37.8 Å². The van der Waals surface area contributed by atoms with Crippen LogP contribution in [0.4, 0.5) is 0 Å². The molecule has 0 radical (unpaired) electrons. The molecule has 1 aliphatic rings. The summed E-state index contributed by atoms with van der Waals surface area (Å²) in [6.07, 6.45) is 5.19. The Kier molecular flexibility index (Phi) is 7.64. The Labute approximate surface area is 108 Å². The van der Waals surface area contributed by atoms with Gasteiger partial charge in [0.25, 0.3) is 0 Å². The van der Waals surface area contributed by atoms with Crippen molar-refractivity contribution in [2.24, 2.45) is 0 Å². The predicted octanol–water partition coefficient (Wildman–Crippen LogP) is 0.966. The highest BCUT2D eigenvalue weighted by molar-refractivity contribution is 7.98. The molecule has 1 aliphatic heterocycles. The largest absolute Gasteiger partial charge is 0.468 e. The van der Waals surface area contributed by atoms with E-state index in [9.17, 15) is 4.79 Å². The zero-order valence-corrected chi connectivity index (χ0v) is 11.7. The second kappa shape index (κ2) is 8.78. The average Bonchev–Trinajstić information content (AvgIpc) is 2.62. The molecule has 0 saturated carbocycles. The molecule has 0 aromatic heterocycles. The van der Waals surface area contributed by atoms with Crippen molar-refractivity contribution in [1.29, 1.82) is 0 Å². The van der Waals surface area contributed by atoms with Gasteiger partial charge in [0, 0.05) is 19.6 Å². The van der Waals surface area contributed by atoms with E-state index < -0.39 is 0 Å². The van der Waals surface area contributed by atoms with Gasteiger partial charge >= 0.3 is 5.97 Å². The molecule has 100 valence electrons. The molecule has 0 aliphatic carbocycles. The number of carbonyl (C=O) groups excluding carboxylic acids is 1. The zero-order valence-electron chi connectivity index (χ0n) is 10.9. The first-order valence-corrected chi connectivity index (χ1v) is 7.70. The van der Waals surface area contributed by atoms with Crippen LogP contribution in [0, 0.1) is 0 Å². The van der Waals surface area contributed by atoms with Crippen LogP contribution < -0.4 is 5.32 Å². The maximum absolute atomic E-state index is 11.8. The van der Waals surface area contributed by atoms with Gasteiger partial charge in [-0.2, -0.15) is 11.8 Å². The Hall–Kier alpha value is -0.260. The molecular formula is C12H24N2O2S. The van der Waals surface area contributed by atoms with E-state index in [2.05, 4.69) is 16.5 Å². The second-order valence-electron chi connectivity index (χ2n) is 4.31. The van der Waals surface area contributed by atoms with E-state index in [1.807, 2.05) is 11.8 Å². The summed E-state index contributed by atoms with van der Waals surface area (Å²) >= 11 is 1.83. The van der Waals surface area contributed by atoms with Crippen molar-refractivity contribution in [3.63, 3.8) is 0 Å². The normalized spacial score (nSPS) is 19.6. The number of rotatable bonds is 6. The Morgan fingerprint density at radius 2 is 2.29 bits per heavy atom. The van der Waals surface area contributed by atoms with Crippen LogP contribution in [-0.2, 0) is 9.53 Å². The van der Waals surface area contributed by atoms with Gasteiger partial charge in [0.2, 0.25) is 0 Å². The van der Waals surface area contributed by atoms with Crippen LogP contribution in [0.3, 0.4) is 0 Å². The summed E-state index contributed by atoms with van der Waals surface area (Å²) in [5.41, 5.74) is 0. The van der Waals surface area contributed by atoms with Crippen molar-refractivity contribution in [3.8, 4) is 0 Å². The highest BCUT2D eigenvalue weighted by Gasteiger charge is 2.26. The summed E-state index contributed by atoms with van der Waals surface area (Å²) < 4.78 is 4.93. The van der Waals surface area contributed by atoms with Gasteiger partial charge in [-0.25, -0.2) is 0 Å². The fourth-order valence-corrected chi connectivity index (χ4v) is 2.64. The van der Waals surface area contributed by atoms with Gasteiger partial charge in [-0.3, -0.25) is 9.69 Å². The number of hydrogen-bond acceptors (Lipinski definition) is 5. The maximum atomic E-state index is 11.8. The minimum atomic E-state index is -0.0759. The first-order valence-electron chi connectivity index (χ1n) is 6.31. The topological polar surface area (TPSA) is 41.6 Å².